The first-order chi connectivity index (χ1) is 8.91. The van der Waals surface area contributed by atoms with Gasteiger partial charge in [-0.15, -0.1) is 0 Å². The van der Waals surface area contributed by atoms with Crippen LogP contribution < -0.4 is 5.73 Å². The zero-order valence-electron chi connectivity index (χ0n) is 10.5. The van der Waals surface area contributed by atoms with Gasteiger partial charge in [-0.1, -0.05) is 24.3 Å². The highest BCUT2D eigenvalue weighted by molar-refractivity contribution is 5.68. The Kier molecular flexibility index (Phi) is 3.62. The Morgan fingerprint density at radius 2 is 1.79 bits per heavy atom. The molecule has 0 aliphatic carbocycles. The van der Waals surface area contributed by atoms with Crippen molar-refractivity contribution in [3.63, 3.8) is 0 Å². The quantitative estimate of drug-likeness (QED) is 0.867. The van der Waals surface area contributed by atoms with Crippen molar-refractivity contribution in [2.45, 2.75) is 19.6 Å². The van der Waals surface area contributed by atoms with E-state index in [4.69, 9.17) is 5.73 Å². The lowest BCUT2D eigenvalue weighted by Gasteiger charge is -2.12. The zero-order chi connectivity index (χ0) is 14.0. The van der Waals surface area contributed by atoms with Crippen molar-refractivity contribution in [1.29, 1.82) is 0 Å². The van der Waals surface area contributed by atoms with E-state index < -0.39 is 11.7 Å². The number of alkyl halides is 3. The van der Waals surface area contributed by atoms with E-state index in [9.17, 15) is 13.2 Å². The van der Waals surface area contributed by atoms with Crippen LogP contribution in [0.2, 0.25) is 0 Å². The molecule has 0 amide bonds. The first-order valence-electron chi connectivity index (χ1n) is 5.89. The monoisotopic (exact) mass is 265 g/mol. The Labute approximate surface area is 109 Å². The molecule has 1 nitrogen and oxygen atoms in total. The summed E-state index contributed by atoms with van der Waals surface area (Å²) in [5, 5.41) is 0. The fourth-order valence-corrected chi connectivity index (χ4v) is 2.03. The molecule has 0 fully saturated rings. The summed E-state index contributed by atoms with van der Waals surface area (Å²) in [7, 11) is 0. The molecule has 0 aliphatic rings. The third-order valence-corrected chi connectivity index (χ3v) is 3.03. The molecule has 0 bridgehead atoms. The number of rotatable bonds is 2. The molecule has 0 atom stereocenters. The van der Waals surface area contributed by atoms with Crippen LogP contribution in [0.5, 0.6) is 0 Å². The second kappa shape index (κ2) is 5.05. The molecule has 0 aromatic heterocycles. The maximum absolute atomic E-state index is 12.6. The lowest BCUT2D eigenvalue weighted by molar-refractivity contribution is -0.137. The number of halogens is 3. The number of aryl methyl sites for hydroxylation is 1. The van der Waals surface area contributed by atoms with Gasteiger partial charge >= 0.3 is 6.18 Å². The summed E-state index contributed by atoms with van der Waals surface area (Å²) < 4.78 is 37.8. The summed E-state index contributed by atoms with van der Waals surface area (Å²) in [6, 6.07) is 11.3. The lowest BCUT2D eigenvalue weighted by atomic mass is 9.97. The lowest BCUT2D eigenvalue weighted by Crippen LogP contribution is -2.05. The van der Waals surface area contributed by atoms with Crippen molar-refractivity contribution in [2.75, 3.05) is 0 Å². The Hall–Kier alpha value is -1.81. The van der Waals surface area contributed by atoms with Crippen molar-refractivity contribution >= 4 is 0 Å². The molecule has 2 N–H and O–H groups in total. The third-order valence-electron chi connectivity index (χ3n) is 3.03. The molecule has 0 heterocycles. The van der Waals surface area contributed by atoms with Crippen LogP contribution in [0.4, 0.5) is 13.2 Å². The van der Waals surface area contributed by atoms with Crippen LogP contribution in [0.25, 0.3) is 11.1 Å². The first kappa shape index (κ1) is 13.6. The van der Waals surface area contributed by atoms with E-state index in [0.29, 0.717) is 12.1 Å². The minimum atomic E-state index is -4.30. The summed E-state index contributed by atoms with van der Waals surface area (Å²) in [4.78, 5) is 0. The van der Waals surface area contributed by atoms with Crippen LogP contribution in [0.3, 0.4) is 0 Å². The largest absolute Gasteiger partial charge is 0.416 e. The van der Waals surface area contributed by atoms with E-state index in [0.717, 1.165) is 22.8 Å². The fourth-order valence-electron chi connectivity index (χ4n) is 2.03. The summed E-state index contributed by atoms with van der Waals surface area (Å²) in [6.45, 7) is 2.09. The van der Waals surface area contributed by atoms with E-state index in [2.05, 4.69) is 0 Å². The first-order valence-corrected chi connectivity index (χ1v) is 5.89. The predicted molar refractivity (Wildman–Crippen MR) is 69.5 cm³/mol. The van der Waals surface area contributed by atoms with Gasteiger partial charge in [0.1, 0.15) is 0 Å². The average Bonchev–Trinajstić information content (AvgIpc) is 2.37. The third kappa shape index (κ3) is 2.96. The van der Waals surface area contributed by atoms with Gasteiger partial charge in [0.2, 0.25) is 0 Å². The highest BCUT2D eigenvalue weighted by Crippen LogP contribution is 2.33. The summed E-state index contributed by atoms with van der Waals surface area (Å²) in [6.07, 6.45) is -4.30. The molecule has 0 saturated carbocycles. The number of hydrogen-bond acceptors (Lipinski definition) is 1. The molecule has 2 aromatic rings. The Bertz CT molecular complexity index is 588. The van der Waals surface area contributed by atoms with Crippen LogP contribution in [0.15, 0.2) is 42.5 Å². The summed E-state index contributed by atoms with van der Waals surface area (Å²) >= 11 is 0. The van der Waals surface area contributed by atoms with Crippen LogP contribution in [0.1, 0.15) is 16.7 Å². The van der Waals surface area contributed by atoms with Crippen LogP contribution in [-0.4, -0.2) is 0 Å². The standard InChI is InChI=1S/C15H14F3N/c1-10-7-13(15(16,17)18)5-6-14(10)12-4-2-3-11(8-12)9-19/h2-8H,9,19H2,1H3. The molecular weight excluding hydrogens is 251 g/mol. The van der Waals surface area contributed by atoms with Crippen molar-refractivity contribution in [3.8, 4) is 11.1 Å². The van der Waals surface area contributed by atoms with Crippen molar-refractivity contribution < 1.29 is 13.2 Å². The second-order valence-corrected chi connectivity index (χ2v) is 4.43. The SMILES string of the molecule is Cc1cc(C(F)(F)F)ccc1-c1cccc(CN)c1. The molecule has 100 valence electrons. The van der Waals surface area contributed by atoms with Crippen LogP contribution >= 0.6 is 0 Å². The van der Waals surface area contributed by atoms with Crippen LogP contribution in [-0.2, 0) is 12.7 Å². The highest BCUT2D eigenvalue weighted by atomic mass is 19.4. The Morgan fingerprint density at radius 1 is 1.05 bits per heavy atom. The van der Waals surface area contributed by atoms with Gasteiger partial charge < -0.3 is 5.73 Å². The Morgan fingerprint density at radius 3 is 2.37 bits per heavy atom. The van der Waals surface area contributed by atoms with Crippen molar-refractivity contribution in [2.24, 2.45) is 5.73 Å². The van der Waals surface area contributed by atoms with Gasteiger partial charge in [0, 0.05) is 6.54 Å². The van der Waals surface area contributed by atoms with Gasteiger partial charge in [-0.2, -0.15) is 13.2 Å². The molecule has 2 rings (SSSR count). The second-order valence-electron chi connectivity index (χ2n) is 4.43. The van der Waals surface area contributed by atoms with E-state index in [1.807, 2.05) is 24.3 Å². The van der Waals surface area contributed by atoms with Gasteiger partial charge in [-0.25, -0.2) is 0 Å². The average molecular weight is 265 g/mol. The Balaban J connectivity index is 2.46. The van der Waals surface area contributed by atoms with E-state index in [-0.39, 0.29) is 0 Å². The molecule has 2 aromatic carbocycles. The van der Waals surface area contributed by atoms with E-state index >= 15 is 0 Å². The van der Waals surface area contributed by atoms with Crippen molar-refractivity contribution in [3.05, 3.63) is 59.2 Å². The number of benzene rings is 2. The maximum atomic E-state index is 12.6. The zero-order valence-corrected chi connectivity index (χ0v) is 10.5. The van der Waals surface area contributed by atoms with Gasteiger partial charge in [0.15, 0.2) is 0 Å². The molecule has 0 saturated heterocycles. The summed E-state index contributed by atoms with van der Waals surface area (Å²) in [5.41, 5.74) is 8.18. The molecule has 19 heavy (non-hydrogen) atoms. The molecule has 0 aliphatic heterocycles. The number of hydrogen-bond donors (Lipinski definition) is 1. The molecular formula is C15H14F3N. The smallest absolute Gasteiger partial charge is 0.326 e. The minimum absolute atomic E-state index is 0.410. The predicted octanol–water partition coefficient (Wildman–Crippen LogP) is 4.14. The van der Waals surface area contributed by atoms with Gasteiger partial charge in [0.25, 0.3) is 0 Å². The highest BCUT2D eigenvalue weighted by Gasteiger charge is 2.30. The molecule has 0 spiro atoms. The van der Waals surface area contributed by atoms with Gasteiger partial charge in [0.05, 0.1) is 5.56 Å². The molecule has 0 radical (unpaired) electrons. The number of nitrogens with two attached hydrogens (primary N) is 1. The normalized spacial score (nSPS) is 11.6. The summed E-state index contributed by atoms with van der Waals surface area (Å²) in [5.74, 6) is 0. The van der Waals surface area contributed by atoms with Gasteiger partial charge in [-0.05, 0) is 47.4 Å². The van der Waals surface area contributed by atoms with Crippen LogP contribution in [0, 0.1) is 6.92 Å². The van der Waals surface area contributed by atoms with Gasteiger partial charge in [-0.3, -0.25) is 0 Å². The fraction of sp³-hybridized carbons (Fsp3) is 0.200. The minimum Gasteiger partial charge on any atom is -0.326 e. The van der Waals surface area contributed by atoms with Crippen molar-refractivity contribution in [1.82, 2.24) is 0 Å². The van der Waals surface area contributed by atoms with E-state index in [1.165, 1.54) is 12.1 Å². The maximum Gasteiger partial charge on any atom is 0.416 e. The topological polar surface area (TPSA) is 26.0 Å². The molecule has 4 heteroatoms. The van der Waals surface area contributed by atoms with E-state index in [1.54, 1.807) is 6.92 Å². The molecule has 0 unspecified atom stereocenters.